The molecule has 0 aliphatic carbocycles. The average Bonchev–Trinajstić information content (AvgIpc) is 2.85. The van der Waals surface area contributed by atoms with E-state index in [9.17, 15) is 8.78 Å². The molecule has 0 unspecified atom stereocenters. The summed E-state index contributed by atoms with van der Waals surface area (Å²) in [4.78, 5) is 7.95. The van der Waals surface area contributed by atoms with E-state index in [1.165, 1.54) is 11.3 Å². The number of imidazole rings is 1. The first-order valence-corrected chi connectivity index (χ1v) is 5.65. The number of benzene rings is 1. The van der Waals surface area contributed by atoms with Crippen LogP contribution >= 0.6 is 11.3 Å². The lowest BCUT2D eigenvalue weighted by Crippen LogP contribution is -1.82. The zero-order valence-corrected chi connectivity index (χ0v) is 9.31. The molecular formula is C11H7F2N3S. The van der Waals surface area contributed by atoms with Gasteiger partial charge >= 0.3 is 0 Å². The van der Waals surface area contributed by atoms with Crippen molar-refractivity contribution in [1.29, 1.82) is 0 Å². The molecule has 0 fully saturated rings. The first-order valence-electron chi connectivity index (χ1n) is 4.84. The molecule has 0 aliphatic heterocycles. The maximum atomic E-state index is 13.0. The molecule has 3 N–H and O–H groups in total. The summed E-state index contributed by atoms with van der Waals surface area (Å²) in [5.41, 5.74) is 6.47. The number of anilines is 1. The van der Waals surface area contributed by atoms with Gasteiger partial charge in [0.1, 0.15) is 5.82 Å². The maximum absolute atomic E-state index is 13.0. The van der Waals surface area contributed by atoms with Crippen LogP contribution in [0.3, 0.4) is 0 Å². The molecule has 0 atom stereocenters. The number of nitrogens with zero attached hydrogens (tertiary/aromatic N) is 1. The number of hydrogen-bond donors (Lipinski definition) is 2. The van der Waals surface area contributed by atoms with Crippen molar-refractivity contribution in [2.75, 3.05) is 5.73 Å². The highest BCUT2D eigenvalue weighted by Gasteiger charge is 2.10. The number of nitrogens with two attached hydrogens (primary N) is 1. The fraction of sp³-hybridized carbons (Fsp3) is 0. The number of fused-ring (bicyclic) bond motifs is 1. The summed E-state index contributed by atoms with van der Waals surface area (Å²) >= 11 is 1.36. The highest BCUT2D eigenvalue weighted by Crippen LogP contribution is 2.29. The Kier molecular flexibility index (Phi) is 2.12. The van der Waals surface area contributed by atoms with Gasteiger partial charge in [0.2, 0.25) is 0 Å². The van der Waals surface area contributed by atoms with Gasteiger partial charge in [-0.3, -0.25) is 0 Å². The summed E-state index contributed by atoms with van der Waals surface area (Å²) in [5.74, 6) is -1.23. The highest BCUT2D eigenvalue weighted by molar-refractivity contribution is 7.19. The molecule has 3 aromatic rings. The van der Waals surface area contributed by atoms with Crippen molar-refractivity contribution in [2.24, 2.45) is 0 Å². The van der Waals surface area contributed by atoms with Gasteiger partial charge < -0.3 is 10.7 Å². The minimum absolute atomic E-state index is 0.394. The van der Waals surface area contributed by atoms with Gasteiger partial charge in [-0.05, 0) is 12.1 Å². The number of aromatic nitrogens is 2. The average molecular weight is 251 g/mol. The standard InChI is InChI=1S/C11H7F2N3S/c12-5-3-7-8(4-6(5)13)16-11(15-7)9-1-2-10(14)17-9/h1-4H,14H2,(H,15,16). The van der Waals surface area contributed by atoms with Crippen LogP contribution in [0.1, 0.15) is 0 Å². The Labute approximate surface area is 98.9 Å². The number of aromatic amines is 1. The number of thiophene rings is 1. The highest BCUT2D eigenvalue weighted by atomic mass is 32.1. The van der Waals surface area contributed by atoms with Crippen LogP contribution in [0.4, 0.5) is 13.8 Å². The van der Waals surface area contributed by atoms with Crippen molar-refractivity contribution >= 4 is 27.4 Å². The molecule has 0 saturated heterocycles. The molecule has 2 heterocycles. The Morgan fingerprint density at radius 1 is 1.18 bits per heavy atom. The number of nitrogen functional groups attached to an aromatic ring is 1. The van der Waals surface area contributed by atoms with Crippen molar-refractivity contribution in [3.8, 4) is 10.7 Å². The summed E-state index contributed by atoms with van der Waals surface area (Å²) in [7, 11) is 0. The summed E-state index contributed by atoms with van der Waals surface area (Å²) in [5, 5.41) is 0.665. The van der Waals surface area contributed by atoms with Gasteiger partial charge in [0, 0.05) is 12.1 Å². The fourth-order valence-electron chi connectivity index (χ4n) is 1.60. The summed E-state index contributed by atoms with van der Waals surface area (Å²) < 4.78 is 26.0. The van der Waals surface area contributed by atoms with Crippen LogP contribution in [-0.4, -0.2) is 9.97 Å². The van der Waals surface area contributed by atoms with Crippen molar-refractivity contribution in [1.82, 2.24) is 9.97 Å². The van der Waals surface area contributed by atoms with Crippen molar-refractivity contribution in [3.05, 3.63) is 35.9 Å². The molecule has 0 aliphatic rings. The predicted molar refractivity (Wildman–Crippen MR) is 63.7 cm³/mol. The monoisotopic (exact) mass is 251 g/mol. The molecule has 17 heavy (non-hydrogen) atoms. The van der Waals surface area contributed by atoms with E-state index in [4.69, 9.17) is 5.73 Å². The van der Waals surface area contributed by atoms with E-state index in [1.54, 1.807) is 6.07 Å². The third-order valence-electron chi connectivity index (χ3n) is 2.38. The lowest BCUT2D eigenvalue weighted by molar-refractivity contribution is 0.510. The summed E-state index contributed by atoms with van der Waals surface area (Å²) in [6.45, 7) is 0. The van der Waals surface area contributed by atoms with Crippen LogP contribution < -0.4 is 5.73 Å². The SMILES string of the molecule is Nc1ccc(-c2nc3cc(F)c(F)cc3[nH]2)s1. The van der Waals surface area contributed by atoms with Crippen molar-refractivity contribution in [2.45, 2.75) is 0 Å². The largest absolute Gasteiger partial charge is 0.391 e. The maximum Gasteiger partial charge on any atom is 0.161 e. The second-order valence-corrected chi connectivity index (χ2v) is 4.69. The number of nitrogens with one attached hydrogen (secondary N) is 1. The van der Waals surface area contributed by atoms with Gasteiger partial charge in [0.15, 0.2) is 11.6 Å². The molecule has 86 valence electrons. The smallest absolute Gasteiger partial charge is 0.161 e. The minimum Gasteiger partial charge on any atom is -0.391 e. The zero-order valence-electron chi connectivity index (χ0n) is 8.50. The van der Waals surface area contributed by atoms with E-state index < -0.39 is 11.6 Å². The third-order valence-corrected chi connectivity index (χ3v) is 3.31. The predicted octanol–water partition coefficient (Wildman–Crippen LogP) is 3.15. The Morgan fingerprint density at radius 2 is 1.94 bits per heavy atom. The summed E-state index contributed by atoms with van der Waals surface area (Å²) in [6.07, 6.45) is 0. The Hall–Kier alpha value is -1.95. The summed E-state index contributed by atoms with van der Waals surface area (Å²) in [6, 6.07) is 5.73. The first kappa shape index (κ1) is 10.2. The Bertz CT molecular complexity index is 663. The molecule has 2 aromatic heterocycles. The van der Waals surface area contributed by atoms with E-state index >= 15 is 0 Å². The Balaban J connectivity index is 2.19. The molecular weight excluding hydrogens is 244 g/mol. The van der Waals surface area contributed by atoms with Crippen LogP contribution in [-0.2, 0) is 0 Å². The normalized spacial score (nSPS) is 11.2. The molecule has 6 heteroatoms. The minimum atomic E-state index is -0.902. The third kappa shape index (κ3) is 1.66. The van der Waals surface area contributed by atoms with Gasteiger partial charge in [0.05, 0.1) is 20.9 Å². The molecule has 0 spiro atoms. The van der Waals surface area contributed by atoms with Gasteiger partial charge in [-0.1, -0.05) is 0 Å². The molecule has 0 saturated carbocycles. The van der Waals surface area contributed by atoms with Gasteiger partial charge in [0.25, 0.3) is 0 Å². The van der Waals surface area contributed by atoms with Gasteiger partial charge in [-0.2, -0.15) is 0 Å². The van der Waals surface area contributed by atoms with Crippen LogP contribution in [0.2, 0.25) is 0 Å². The molecule has 3 rings (SSSR count). The Morgan fingerprint density at radius 3 is 2.65 bits per heavy atom. The lowest BCUT2D eigenvalue weighted by Gasteiger charge is -1.90. The van der Waals surface area contributed by atoms with E-state index in [2.05, 4.69) is 9.97 Å². The topological polar surface area (TPSA) is 54.7 Å². The first-order chi connectivity index (χ1) is 8.13. The number of H-pyrrole nitrogens is 1. The van der Waals surface area contributed by atoms with E-state index in [0.717, 1.165) is 17.0 Å². The second-order valence-electron chi connectivity index (χ2n) is 3.57. The van der Waals surface area contributed by atoms with Crippen LogP contribution in [0.5, 0.6) is 0 Å². The van der Waals surface area contributed by atoms with Crippen LogP contribution in [0.15, 0.2) is 24.3 Å². The van der Waals surface area contributed by atoms with E-state index in [1.807, 2.05) is 6.07 Å². The number of hydrogen-bond acceptors (Lipinski definition) is 3. The number of halogens is 2. The second kappa shape index (κ2) is 3.53. The molecule has 0 amide bonds. The van der Waals surface area contributed by atoms with E-state index in [-0.39, 0.29) is 0 Å². The van der Waals surface area contributed by atoms with Crippen molar-refractivity contribution < 1.29 is 8.78 Å². The van der Waals surface area contributed by atoms with Crippen molar-refractivity contribution in [3.63, 3.8) is 0 Å². The van der Waals surface area contributed by atoms with Gasteiger partial charge in [-0.25, -0.2) is 13.8 Å². The zero-order chi connectivity index (χ0) is 12.0. The fourth-order valence-corrected chi connectivity index (χ4v) is 2.32. The molecule has 1 aromatic carbocycles. The van der Waals surface area contributed by atoms with Crippen LogP contribution in [0.25, 0.3) is 21.7 Å². The number of rotatable bonds is 1. The molecule has 0 bridgehead atoms. The molecule has 3 nitrogen and oxygen atoms in total. The van der Waals surface area contributed by atoms with E-state index in [0.29, 0.717) is 21.9 Å². The van der Waals surface area contributed by atoms with Crippen LogP contribution in [0, 0.1) is 11.6 Å². The lowest BCUT2D eigenvalue weighted by atomic mass is 10.3. The quantitative estimate of drug-likeness (QED) is 0.698. The van der Waals surface area contributed by atoms with Gasteiger partial charge in [-0.15, -0.1) is 11.3 Å². The molecule has 0 radical (unpaired) electrons.